The van der Waals surface area contributed by atoms with E-state index >= 15 is 0 Å². The zero-order valence-corrected chi connectivity index (χ0v) is 10.5. The SMILES string of the molecule is CCC(C)NCc1noc(-c2ccc(F)cc2)n1. The van der Waals surface area contributed by atoms with E-state index in [4.69, 9.17) is 4.52 Å². The normalized spacial score (nSPS) is 12.6. The molecule has 1 aromatic heterocycles. The Morgan fingerprint density at radius 3 is 2.72 bits per heavy atom. The minimum atomic E-state index is -0.281. The van der Waals surface area contributed by atoms with Crippen LogP contribution in [0, 0.1) is 5.82 Å². The fraction of sp³-hybridized carbons (Fsp3) is 0.385. The molecule has 0 spiro atoms. The second-order valence-electron chi connectivity index (χ2n) is 4.21. The van der Waals surface area contributed by atoms with Crippen LogP contribution in [0.15, 0.2) is 28.8 Å². The lowest BCUT2D eigenvalue weighted by Gasteiger charge is -2.07. The van der Waals surface area contributed by atoms with Gasteiger partial charge in [-0.25, -0.2) is 4.39 Å². The van der Waals surface area contributed by atoms with E-state index in [1.807, 2.05) is 0 Å². The molecular weight excluding hydrogens is 233 g/mol. The molecule has 5 heteroatoms. The Morgan fingerprint density at radius 1 is 1.33 bits per heavy atom. The molecule has 2 aromatic rings. The molecule has 1 aromatic carbocycles. The summed E-state index contributed by atoms with van der Waals surface area (Å²) >= 11 is 0. The van der Waals surface area contributed by atoms with Crippen molar-refractivity contribution >= 4 is 0 Å². The van der Waals surface area contributed by atoms with E-state index in [2.05, 4.69) is 29.3 Å². The van der Waals surface area contributed by atoms with Crippen molar-refractivity contribution in [3.8, 4) is 11.5 Å². The van der Waals surface area contributed by atoms with Crippen molar-refractivity contribution in [2.45, 2.75) is 32.9 Å². The van der Waals surface area contributed by atoms with Crippen molar-refractivity contribution in [2.75, 3.05) is 0 Å². The van der Waals surface area contributed by atoms with E-state index in [-0.39, 0.29) is 5.82 Å². The van der Waals surface area contributed by atoms with Crippen molar-refractivity contribution in [3.05, 3.63) is 35.9 Å². The largest absolute Gasteiger partial charge is 0.334 e. The third-order valence-electron chi connectivity index (χ3n) is 2.78. The smallest absolute Gasteiger partial charge is 0.257 e. The summed E-state index contributed by atoms with van der Waals surface area (Å²) in [6, 6.07) is 6.40. The molecule has 1 heterocycles. The standard InChI is InChI=1S/C13H16FN3O/c1-3-9(2)15-8-12-16-13(18-17-12)10-4-6-11(14)7-5-10/h4-7,9,15H,3,8H2,1-2H3. The van der Waals surface area contributed by atoms with Crippen LogP contribution in [0.1, 0.15) is 26.1 Å². The average Bonchev–Trinajstić information content (AvgIpc) is 2.85. The van der Waals surface area contributed by atoms with Gasteiger partial charge in [0.05, 0.1) is 6.54 Å². The first-order valence-corrected chi connectivity index (χ1v) is 6.01. The van der Waals surface area contributed by atoms with Gasteiger partial charge < -0.3 is 9.84 Å². The Kier molecular flexibility index (Phi) is 4.04. The molecule has 0 aliphatic heterocycles. The Bertz CT molecular complexity index is 495. The fourth-order valence-corrected chi connectivity index (χ4v) is 1.45. The predicted octanol–water partition coefficient (Wildman–Crippen LogP) is 2.76. The van der Waals surface area contributed by atoms with E-state index in [1.165, 1.54) is 12.1 Å². The topological polar surface area (TPSA) is 51.0 Å². The third kappa shape index (κ3) is 3.13. The van der Waals surface area contributed by atoms with Crippen LogP contribution in [0.5, 0.6) is 0 Å². The minimum Gasteiger partial charge on any atom is -0.334 e. The molecule has 1 unspecified atom stereocenters. The molecule has 0 aliphatic rings. The first-order chi connectivity index (χ1) is 8.69. The quantitative estimate of drug-likeness (QED) is 0.885. The van der Waals surface area contributed by atoms with Gasteiger partial charge in [0, 0.05) is 11.6 Å². The number of aromatic nitrogens is 2. The van der Waals surface area contributed by atoms with Crippen molar-refractivity contribution in [3.63, 3.8) is 0 Å². The zero-order chi connectivity index (χ0) is 13.0. The molecule has 4 nitrogen and oxygen atoms in total. The average molecular weight is 249 g/mol. The van der Waals surface area contributed by atoms with Gasteiger partial charge in [-0.3, -0.25) is 0 Å². The second-order valence-corrected chi connectivity index (χ2v) is 4.21. The molecule has 0 saturated heterocycles. The summed E-state index contributed by atoms with van der Waals surface area (Å²) in [6.45, 7) is 4.78. The maximum Gasteiger partial charge on any atom is 0.257 e. The van der Waals surface area contributed by atoms with Gasteiger partial charge in [-0.2, -0.15) is 4.98 Å². The summed E-state index contributed by atoms with van der Waals surface area (Å²) in [5.41, 5.74) is 0.721. The van der Waals surface area contributed by atoms with Crippen molar-refractivity contribution in [1.82, 2.24) is 15.5 Å². The summed E-state index contributed by atoms with van der Waals surface area (Å²) in [7, 11) is 0. The summed E-state index contributed by atoms with van der Waals surface area (Å²) in [5, 5.41) is 7.16. The number of halogens is 1. The number of nitrogens with zero attached hydrogens (tertiary/aromatic N) is 2. The van der Waals surface area contributed by atoms with Gasteiger partial charge in [0.15, 0.2) is 5.82 Å². The second kappa shape index (κ2) is 5.73. The minimum absolute atomic E-state index is 0.281. The van der Waals surface area contributed by atoms with E-state index in [0.717, 1.165) is 12.0 Å². The number of benzene rings is 1. The lowest BCUT2D eigenvalue weighted by Crippen LogP contribution is -2.24. The fourth-order valence-electron chi connectivity index (χ4n) is 1.45. The lowest BCUT2D eigenvalue weighted by molar-refractivity contribution is 0.415. The van der Waals surface area contributed by atoms with Crippen LogP contribution in [0.3, 0.4) is 0 Å². The molecule has 0 radical (unpaired) electrons. The molecule has 0 fully saturated rings. The highest BCUT2D eigenvalue weighted by Crippen LogP contribution is 2.17. The van der Waals surface area contributed by atoms with E-state index in [1.54, 1.807) is 12.1 Å². The Morgan fingerprint density at radius 2 is 2.06 bits per heavy atom. The molecule has 1 atom stereocenters. The van der Waals surface area contributed by atoms with Gasteiger partial charge in [-0.1, -0.05) is 12.1 Å². The zero-order valence-electron chi connectivity index (χ0n) is 10.5. The van der Waals surface area contributed by atoms with Crippen LogP contribution < -0.4 is 5.32 Å². The Hall–Kier alpha value is -1.75. The predicted molar refractivity (Wildman–Crippen MR) is 66.3 cm³/mol. The number of nitrogens with one attached hydrogen (secondary N) is 1. The highest BCUT2D eigenvalue weighted by atomic mass is 19.1. The molecule has 96 valence electrons. The molecule has 0 saturated carbocycles. The highest BCUT2D eigenvalue weighted by Gasteiger charge is 2.09. The van der Waals surface area contributed by atoms with Crippen LogP contribution in [0.2, 0.25) is 0 Å². The molecule has 18 heavy (non-hydrogen) atoms. The van der Waals surface area contributed by atoms with Gasteiger partial charge in [0.2, 0.25) is 0 Å². The maximum absolute atomic E-state index is 12.8. The molecule has 0 aliphatic carbocycles. The van der Waals surface area contributed by atoms with E-state index in [9.17, 15) is 4.39 Å². The van der Waals surface area contributed by atoms with Crippen LogP contribution in [-0.4, -0.2) is 16.2 Å². The Balaban J connectivity index is 2.03. The van der Waals surface area contributed by atoms with Gasteiger partial charge in [-0.05, 0) is 37.6 Å². The van der Waals surface area contributed by atoms with E-state index in [0.29, 0.717) is 24.3 Å². The summed E-state index contributed by atoms with van der Waals surface area (Å²) in [4.78, 5) is 4.25. The van der Waals surface area contributed by atoms with Crippen LogP contribution >= 0.6 is 0 Å². The first-order valence-electron chi connectivity index (χ1n) is 6.01. The van der Waals surface area contributed by atoms with Gasteiger partial charge in [0.1, 0.15) is 5.82 Å². The molecular formula is C13H16FN3O. The maximum atomic E-state index is 12.8. The molecule has 1 N–H and O–H groups in total. The van der Waals surface area contributed by atoms with Gasteiger partial charge >= 0.3 is 0 Å². The number of hydrogen-bond donors (Lipinski definition) is 1. The van der Waals surface area contributed by atoms with Crippen LogP contribution in [-0.2, 0) is 6.54 Å². The molecule has 0 amide bonds. The first kappa shape index (κ1) is 12.7. The van der Waals surface area contributed by atoms with Gasteiger partial charge in [0.25, 0.3) is 5.89 Å². The number of hydrogen-bond acceptors (Lipinski definition) is 4. The van der Waals surface area contributed by atoms with Crippen molar-refractivity contribution in [2.24, 2.45) is 0 Å². The Labute approximate surface area is 105 Å². The van der Waals surface area contributed by atoms with E-state index < -0.39 is 0 Å². The summed E-state index contributed by atoms with van der Waals surface area (Å²) < 4.78 is 17.9. The molecule has 0 bridgehead atoms. The van der Waals surface area contributed by atoms with Crippen LogP contribution in [0.25, 0.3) is 11.5 Å². The lowest BCUT2D eigenvalue weighted by atomic mass is 10.2. The van der Waals surface area contributed by atoms with Gasteiger partial charge in [-0.15, -0.1) is 0 Å². The summed E-state index contributed by atoms with van der Waals surface area (Å²) in [5.74, 6) is 0.738. The monoisotopic (exact) mass is 249 g/mol. The third-order valence-corrected chi connectivity index (χ3v) is 2.78. The molecule has 2 rings (SSSR count). The number of rotatable bonds is 5. The van der Waals surface area contributed by atoms with Crippen molar-refractivity contribution < 1.29 is 8.91 Å². The summed E-state index contributed by atoms with van der Waals surface area (Å²) in [6.07, 6.45) is 1.04. The van der Waals surface area contributed by atoms with Crippen molar-refractivity contribution in [1.29, 1.82) is 0 Å². The van der Waals surface area contributed by atoms with Crippen LogP contribution in [0.4, 0.5) is 4.39 Å². The highest BCUT2D eigenvalue weighted by molar-refractivity contribution is 5.52.